The van der Waals surface area contributed by atoms with Crippen LogP contribution in [0.3, 0.4) is 0 Å². The second kappa shape index (κ2) is 4.37. The molecule has 0 fully saturated rings. The minimum absolute atomic E-state index is 0.400. The molecule has 2 heterocycles. The maximum atomic E-state index is 12.5. The Morgan fingerprint density at radius 3 is 2.55 bits per heavy atom. The van der Waals surface area contributed by atoms with Crippen molar-refractivity contribution >= 4 is 16.7 Å². The molecule has 0 bridgehead atoms. The number of esters is 1. The number of rotatable bonds is 1. The molecule has 0 saturated carbocycles. The number of benzene rings is 2. The first-order valence-electron chi connectivity index (χ1n) is 7.07. The molecule has 0 spiro atoms. The van der Waals surface area contributed by atoms with Crippen LogP contribution in [0.4, 0.5) is 0 Å². The summed E-state index contributed by atoms with van der Waals surface area (Å²) in [5, 5.41) is 1.91. The molecule has 0 aliphatic carbocycles. The Bertz CT molecular complexity index is 875. The molecule has 22 heavy (non-hydrogen) atoms. The zero-order valence-electron chi connectivity index (χ0n) is 12.3. The third-order valence-corrected chi connectivity index (χ3v) is 3.68. The van der Waals surface area contributed by atoms with Gasteiger partial charge in [0.05, 0.1) is 6.26 Å². The number of furan rings is 1. The van der Waals surface area contributed by atoms with E-state index in [0.717, 1.165) is 10.8 Å². The highest BCUT2D eigenvalue weighted by Gasteiger charge is 2.37. The normalized spacial score (nSPS) is 16.0. The number of hydrogen-bond donors (Lipinski definition) is 0. The van der Waals surface area contributed by atoms with Gasteiger partial charge < -0.3 is 13.9 Å². The number of carbonyl (C=O) groups excluding carboxylic acids is 1. The Hall–Kier alpha value is -2.75. The van der Waals surface area contributed by atoms with Crippen LogP contribution in [0.5, 0.6) is 5.75 Å². The van der Waals surface area contributed by atoms with E-state index < -0.39 is 11.8 Å². The van der Waals surface area contributed by atoms with Crippen molar-refractivity contribution in [3.8, 4) is 17.1 Å². The molecule has 0 amide bonds. The summed E-state index contributed by atoms with van der Waals surface area (Å²) >= 11 is 0. The third-order valence-electron chi connectivity index (χ3n) is 3.68. The lowest BCUT2D eigenvalue weighted by Gasteiger charge is -2.32. The van der Waals surface area contributed by atoms with Gasteiger partial charge in [0.25, 0.3) is 0 Å². The van der Waals surface area contributed by atoms with Crippen molar-refractivity contribution in [2.24, 2.45) is 0 Å². The van der Waals surface area contributed by atoms with Crippen molar-refractivity contribution in [1.82, 2.24) is 0 Å². The molecule has 1 aliphatic heterocycles. The molecule has 1 aliphatic rings. The Morgan fingerprint density at radius 1 is 0.955 bits per heavy atom. The molecule has 0 radical (unpaired) electrons. The average molecular weight is 294 g/mol. The van der Waals surface area contributed by atoms with Gasteiger partial charge in [-0.2, -0.15) is 0 Å². The van der Waals surface area contributed by atoms with E-state index in [0.29, 0.717) is 22.6 Å². The van der Waals surface area contributed by atoms with Crippen molar-refractivity contribution < 1.29 is 18.7 Å². The van der Waals surface area contributed by atoms with Gasteiger partial charge in [0.2, 0.25) is 5.79 Å². The van der Waals surface area contributed by atoms with Gasteiger partial charge in [-0.25, -0.2) is 4.79 Å². The minimum Gasteiger partial charge on any atom is -0.464 e. The molecule has 4 rings (SSSR count). The maximum absolute atomic E-state index is 12.5. The lowest BCUT2D eigenvalue weighted by molar-refractivity contribution is -0.127. The fourth-order valence-electron chi connectivity index (χ4n) is 2.84. The van der Waals surface area contributed by atoms with E-state index in [1.807, 2.05) is 36.4 Å². The van der Waals surface area contributed by atoms with Gasteiger partial charge in [-0.3, -0.25) is 0 Å². The Kier molecular flexibility index (Phi) is 2.57. The van der Waals surface area contributed by atoms with Crippen LogP contribution < -0.4 is 4.74 Å². The van der Waals surface area contributed by atoms with Crippen LogP contribution in [0, 0.1) is 0 Å². The lowest BCUT2D eigenvalue weighted by atomic mass is 9.95. The van der Waals surface area contributed by atoms with Crippen LogP contribution in [0.25, 0.3) is 22.1 Å². The van der Waals surface area contributed by atoms with Crippen molar-refractivity contribution in [3.05, 3.63) is 54.3 Å². The Labute approximate surface area is 127 Å². The molecule has 3 aromatic rings. The third kappa shape index (κ3) is 1.88. The van der Waals surface area contributed by atoms with E-state index >= 15 is 0 Å². The van der Waals surface area contributed by atoms with Gasteiger partial charge in [0.15, 0.2) is 0 Å². The van der Waals surface area contributed by atoms with Gasteiger partial charge in [-0.1, -0.05) is 24.3 Å². The molecule has 2 aromatic carbocycles. The minimum atomic E-state index is -0.979. The van der Waals surface area contributed by atoms with Gasteiger partial charge in [0, 0.05) is 19.4 Å². The highest BCUT2D eigenvalue weighted by molar-refractivity contribution is 6.10. The van der Waals surface area contributed by atoms with E-state index in [-0.39, 0.29) is 0 Å². The Morgan fingerprint density at radius 2 is 1.77 bits per heavy atom. The zero-order valence-corrected chi connectivity index (χ0v) is 12.3. The highest BCUT2D eigenvalue weighted by atomic mass is 16.7. The average Bonchev–Trinajstić information content (AvgIpc) is 2.97. The molecule has 0 atom stereocenters. The van der Waals surface area contributed by atoms with Crippen molar-refractivity contribution in [2.75, 3.05) is 0 Å². The SMILES string of the molecule is CC1(C)OC(=O)c2c(cc3ccccc3c2-c2ccco2)O1. The van der Waals surface area contributed by atoms with Crippen molar-refractivity contribution in [2.45, 2.75) is 19.6 Å². The van der Waals surface area contributed by atoms with E-state index in [4.69, 9.17) is 13.9 Å². The molecular weight excluding hydrogens is 280 g/mol. The topological polar surface area (TPSA) is 48.7 Å². The zero-order chi connectivity index (χ0) is 15.3. The molecule has 0 unspecified atom stereocenters. The van der Waals surface area contributed by atoms with Crippen molar-refractivity contribution in [1.29, 1.82) is 0 Å². The second-order valence-electron chi connectivity index (χ2n) is 5.71. The van der Waals surface area contributed by atoms with E-state index in [1.165, 1.54) is 0 Å². The first-order chi connectivity index (χ1) is 10.6. The molecule has 1 aromatic heterocycles. The smallest absolute Gasteiger partial charge is 0.345 e. The largest absolute Gasteiger partial charge is 0.464 e. The summed E-state index contributed by atoms with van der Waals surface area (Å²) in [6.07, 6.45) is 1.59. The van der Waals surface area contributed by atoms with E-state index in [2.05, 4.69) is 0 Å². The maximum Gasteiger partial charge on any atom is 0.345 e. The summed E-state index contributed by atoms with van der Waals surface area (Å²) in [4.78, 5) is 12.5. The standard InChI is InChI=1S/C18H14O4/c1-18(2)21-14-10-11-6-3-4-7-12(11)15(13-8-5-9-20-13)16(14)17(19)22-18/h3-10H,1-2H3. The molecule has 110 valence electrons. The first kappa shape index (κ1) is 13.0. The molecular formula is C18H14O4. The predicted octanol–water partition coefficient (Wildman–Crippen LogP) is 4.39. The Balaban J connectivity index is 2.12. The van der Waals surface area contributed by atoms with Crippen LogP contribution >= 0.6 is 0 Å². The van der Waals surface area contributed by atoms with Crippen LogP contribution in [0.2, 0.25) is 0 Å². The summed E-state index contributed by atoms with van der Waals surface area (Å²) in [5.41, 5.74) is 1.12. The van der Waals surface area contributed by atoms with Crippen LogP contribution in [0.1, 0.15) is 24.2 Å². The summed E-state index contributed by atoms with van der Waals surface area (Å²) in [6.45, 7) is 3.44. The van der Waals surface area contributed by atoms with Gasteiger partial charge in [-0.15, -0.1) is 0 Å². The second-order valence-corrected chi connectivity index (χ2v) is 5.71. The molecule has 0 N–H and O–H groups in total. The van der Waals surface area contributed by atoms with Crippen LogP contribution in [0.15, 0.2) is 53.1 Å². The fourth-order valence-corrected chi connectivity index (χ4v) is 2.84. The highest BCUT2D eigenvalue weighted by Crippen LogP contribution is 2.42. The summed E-state index contributed by atoms with van der Waals surface area (Å²) in [6, 6.07) is 13.3. The van der Waals surface area contributed by atoms with Crippen LogP contribution in [-0.4, -0.2) is 11.8 Å². The quantitative estimate of drug-likeness (QED) is 0.625. The molecule has 4 nitrogen and oxygen atoms in total. The van der Waals surface area contributed by atoms with Gasteiger partial charge in [0.1, 0.15) is 17.1 Å². The van der Waals surface area contributed by atoms with Crippen LogP contribution in [-0.2, 0) is 4.74 Å². The lowest BCUT2D eigenvalue weighted by Crippen LogP contribution is -2.39. The summed E-state index contributed by atoms with van der Waals surface area (Å²) in [5.74, 6) is -0.240. The number of ether oxygens (including phenoxy) is 2. The first-order valence-corrected chi connectivity index (χ1v) is 7.07. The van der Waals surface area contributed by atoms with E-state index in [9.17, 15) is 4.79 Å². The predicted molar refractivity (Wildman–Crippen MR) is 81.8 cm³/mol. The molecule has 4 heteroatoms. The number of carbonyl (C=O) groups is 1. The van der Waals surface area contributed by atoms with Gasteiger partial charge in [-0.05, 0) is 29.0 Å². The summed E-state index contributed by atoms with van der Waals surface area (Å²) < 4.78 is 16.8. The summed E-state index contributed by atoms with van der Waals surface area (Å²) in [7, 11) is 0. The monoisotopic (exact) mass is 294 g/mol. The fraction of sp³-hybridized carbons (Fsp3) is 0.167. The molecule has 0 saturated heterocycles. The number of cyclic esters (lactones) is 1. The van der Waals surface area contributed by atoms with Gasteiger partial charge >= 0.3 is 5.97 Å². The van der Waals surface area contributed by atoms with Crippen molar-refractivity contribution in [3.63, 3.8) is 0 Å². The number of fused-ring (bicyclic) bond motifs is 2. The number of hydrogen-bond acceptors (Lipinski definition) is 4. The van der Waals surface area contributed by atoms with E-state index in [1.54, 1.807) is 26.2 Å².